The first-order valence-electron chi connectivity index (χ1n) is 6.03. The van der Waals surface area contributed by atoms with E-state index in [2.05, 4.69) is 0 Å². The van der Waals surface area contributed by atoms with Gasteiger partial charge in [-0.25, -0.2) is 0 Å². The predicted octanol–water partition coefficient (Wildman–Crippen LogP) is 4.44. The number of halogens is 3. The highest BCUT2D eigenvalue weighted by molar-refractivity contribution is 7.80. The summed E-state index contributed by atoms with van der Waals surface area (Å²) in [4.78, 5) is 0.167. The molecule has 0 atom stereocenters. The Hall–Kier alpha value is -2.08. The maximum Gasteiger partial charge on any atom is 0.416 e. The van der Waals surface area contributed by atoms with E-state index in [0.29, 0.717) is 11.3 Å². The molecule has 2 N–H and O–H groups in total. The molecule has 0 aliphatic carbocycles. The van der Waals surface area contributed by atoms with Crippen LogP contribution in [0.1, 0.15) is 16.7 Å². The first-order chi connectivity index (χ1) is 9.77. The van der Waals surface area contributed by atoms with Gasteiger partial charge in [-0.05, 0) is 43.3 Å². The lowest BCUT2D eigenvalue weighted by molar-refractivity contribution is -0.137. The topological polar surface area (TPSA) is 35.2 Å². The molecule has 2 aromatic rings. The summed E-state index contributed by atoms with van der Waals surface area (Å²) in [6.07, 6.45) is -4.37. The Labute approximate surface area is 125 Å². The molecule has 21 heavy (non-hydrogen) atoms. The van der Waals surface area contributed by atoms with Gasteiger partial charge in [-0.15, -0.1) is 0 Å². The minimum Gasteiger partial charge on any atom is -0.457 e. The number of aryl methyl sites for hydroxylation is 1. The van der Waals surface area contributed by atoms with Crippen molar-refractivity contribution in [2.45, 2.75) is 13.1 Å². The summed E-state index contributed by atoms with van der Waals surface area (Å²) in [5, 5.41) is 0. The Morgan fingerprint density at radius 3 is 2.24 bits per heavy atom. The molecule has 0 aliphatic rings. The van der Waals surface area contributed by atoms with Crippen molar-refractivity contribution in [2.75, 3.05) is 0 Å². The van der Waals surface area contributed by atoms with Crippen molar-refractivity contribution in [3.05, 3.63) is 59.2 Å². The van der Waals surface area contributed by atoms with E-state index in [1.165, 1.54) is 12.1 Å². The van der Waals surface area contributed by atoms with Gasteiger partial charge in [0.2, 0.25) is 0 Å². The smallest absolute Gasteiger partial charge is 0.416 e. The number of alkyl halides is 3. The fraction of sp³-hybridized carbons (Fsp3) is 0.133. The summed E-state index contributed by atoms with van der Waals surface area (Å²) in [5.74, 6) is 0.692. The predicted molar refractivity (Wildman–Crippen MR) is 78.6 cm³/mol. The van der Waals surface area contributed by atoms with Gasteiger partial charge < -0.3 is 10.5 Å². The van der Waals surface area contributed by atoms with Crippen LogP contribution >= 0.6 is 12.2 Å². The van der Waals surface area contributed by atoms with Crippen LogP contribution in [-0.4, -0.2) is 4.99 Å². The van der Waals surface area contributed by atoms with E-state index in [-0.39, 0.29) is 10.7 Å². The number of benzene rings is 2. The van der Waals surface area contributed by atoms with Crippen molar-refractivity contribution in [1.29, 1.82) is 0 Å². The standard InChI is InChI=1S/C15H12F3NOS/c1-9-2-7-13(12(8-9)14(19)21)20-11-5-3-10(4-6-11)15(16,17)18/h2-8H,1H3,(H2,19,21). The van der Waals surface area contributed by atoms with Crippen LogP contribution in [0, 0.1) is 6.92 Å². The number of nitrogens with two attached hydrogens (primary N) is 1. The average molecular weight is 311 g/mol. The largest absolute Gasteiger partial charge is 0.457 e. The second-order valence-corrected chi connectivity index (χ2v) is 4.93. The van der Waals surface area contributed by atoms with Crippen molar-refractivity contribution >= 4 is 17.2 Å². The molecule has 2 nitrogen and oxygen atoms in total. The highest BCUT2D eigenvalue weighted by atomic mass is 32.1. The molecule has 0 heterocycles. The minimum absolute atomic E-state index is 0.167. The van der Waals surface area contributed by atoms with Crippen molar-refractivity contribution in [3.8, 4) is 11.5 Å². The van der Waals surface area contributed by atoms with Crippen molar-refractivity contribution in [3.63, 3.8) is 0 Å². The molecule has 0 aliphatic heterocycles. The molecule has 110 valence electrons. The van der Waals surface area contributed by atoms with Gasteiger partial charge >= 0.3 is 6.18 Å². The molecular weight excluding hydrogens is 299 g/mol. The summed E-state index contributed by atoms with van der Waals surface area (Å²) in [7, 11) is 0. The Bertz CT molecular complexity index is 666. The van der Waals surface area contributed by atoms with E-state index in [4.69, 9.17) is 22.7 Å². The van der Waals surface area contributed by atoms with Crippen molar-refractivity contribution < 1.29 is 17.9 Å². The monoisotopic (exact) mass is 311 g/mol. The SMILES string of the molecule is Cc1ccc(Oc2ccc(C(F)(F)F)cc2)c(C(N)=S)c1. The van der Waals surface area contributed by atoms with Gasteiger partial charge in [-0.2, -0.15) is 13.2 Å². The maximum atomic E-state index is 12.5. The van der Waals surface area contributed by atoms with Gasteiger partial charge in [-0.3, -0.25) is 0 Å². The summed E-state index contributed by atoms with van der Waals surface area (Å²) >= 11 is 4.94. The van der Waals surface area contributed by atoms with E-state index in [0.717, 1.165) is 17.7 Å². The molecule has 0 radical (unpaired) electrons. The lowest BCUT2D eigenvalue weighted by atomic mass is 10.1. The zero-order valence-corrected chi connectivity index (χ0v) is 11.9. The van der Waals surface area contributed by atoms with Gasteiger partial charge in [0.15, 0.2) is 0 Å². The van der Waals surface area contributed by atoms with Crippen LogP contribution in [0.4, 0.5) is 13.2 Å². The van der Waals surface area contributed by atoms with E-state index in [9.17, 15) is 13.2 Å². The highest BCUT2D eigenvalue weighted by Crippen LogP contribution is 2.32. The summed E-state index contributed by atoms with van der Waals surface area (Å²) in [6, 6.07) is 9.69. The average Bonchev–Trinajstić information content (AvgIpc) is 2.40. The molecular formula is C15H12F3NOS. The van der Waals surface area contributed by atoms with Crippen LogP contribution in [0.15, 0.2) is 42.5 Å². The molecule has 0 amide bonds. The normalized spacial score (nSPS) is 11.2. The molecule has 6 heteroatoms. The quantitative estimate of drug-likeness (QED) is 0.851. The van der Waals surface area contributed by atoms with Gasteiger partial charge in [0.05, 0.1) is 11.1 Å². The molecule has 0 saturated carbocycles. The van der Waals surface area contributed by atoms with E-state index >= 15 is 0 Å². The van der Waals surface area contributed by atoms with E-state index in [1.54, 1.807) is 18.2 Å². The maximum absolute atomic E-state index is 12.5. The fourth-order valence-electron chi connectivity index (χ4n) is 1.76. The number of hydrogen-bond acceptors (Lipinski definition) is 2. The van der Waals surface area contributed by atoms with Gasteiger partial charge in [0, 0.05) is 0 Å². The summed E-state index contributed by atoms with van der Waals surface area (Å²) in [5.41, 5.74) is 6.39. The molecule has 0 fully saturated rings. The molecule has 2 aromatic carbocycles. The van der Waals surface area contributed by atoms with Crippen LogP contribution in [-0.2, 0) is 6.18 Å². The zero-order valence-electron chi connectivity index (χ0n) is 11.1. The van der Waals surface area contributed by atoms with Crippen LogP contribution < -0.4 is 10.5 Å². The van der Waals surface area contributed by atoms with Gasteiger partial charge in [-0.1, -0.05) is 23.8 Å². The lowest BCUT2D eigenvalue weighted by Crippen LogP contribution is -2.11. The van der Waals surface area contributed by atoms with Crippen LogP contribution in [0.3, 0.4) is 0 Å². The van der Waals surface area contributed by atoms with Gasteiger partial charge in [0.25, 0.3) is 0 Å². The number of thiocarbonyl (C=S) groups is 1. The fourth-order valence-corrected chi connectivity index (χ4v) is 1.92. The third-order valence-electron chi connectivity index (χ3n) is 2.81. The summed E-state index contributed by atoms with van der Waals surface area (Å²) in [6.45, 7) is 1.88. The van der Waals surface area contributed by atoms with Crippen molar-refractivity contribution in [2.24, 2.45) is 5.73 Å². The molecule has 0 unspecified atom stereocenters. The Balaban J connectivity index is 2.28. The van der Waals surface area contributed by atoms with Crippen LogP contribution in [0.2, 0.25) is 0 Å². The van der Waals surface area contributed by atoms with E-state index in [1.807, 2.05) is 6.92 Å². The Kier molecular flexibility index (Phi) is 4.18. The molecule has 0 saturated heterocycles. The van der Waals surface area contributed by atoms with Gasteiger partial charge in [0.1, 0.15) is 16.5 Å². The molecule has 0 bridgehead atoms. The molecule has 2 rings (SSSR count). The second kappa shape index (κ2) is 5.73. The third kappa shape index (κ3) is 3.72. The number of hydrogen-bond donors (Lipinski definition) is 1. The molecule has 0 spiro atoms. The third-order valence-corrected chi connectivity index (χ3v) is 3.03. The Morgan fingerprint density at radius 2 is 1.71 bits per heavy atom. The lowest BCUT2D eigenvalue weighted by Gasteiger charge is -2.12. The molecule has 0 aromatic heterocycles. The van der Waals surface area contributed by atoms with Crippen LogP contribution in [0.25, 0.3) is 0 Å². The Morgan fingerprint density at radius 1 is 1.10 bits per heavy atom. The number of rotatable bonds is 3. The van der Waals surface area contributed by atoms with Crippen molar-refractivity contribution in [1.82, 2.24) is 0 Å². The number of ether oxygens (including phenoxy) is 1. The second-order valence-electron chi connectivity index (χ2n) is 4.49. The summed E-state index contributed by atoms with van der Waals surface area (Å²) < 4.78 is 43.0. The first kappa shape index (κ1) is 15.3. The van der Waals surface area contributed by atoms with Crippen LogP contribution in [0.5, 0.6) is 11.5 Å². The van der Waals surface area contributed by atoms with E-state index < -0.39 is 11.7 Å². The highest BCUT2D eigenvalue weighted by Gasteiger charge is 2.30. The minimum atomic E-state index is -4.37. The zero-order chi connectivity index (χ0) is 15.6. The first-order valence-corrected chi connectivity index (χ1v) is 6.44.